The molecule has 0 aliphatic carbocycles. The Morgan fingerprint density at radius 2 is 1.67 bits per heavy atom. The number of hydrogen-bond donors (Lipinski definition) is 0. The van der Waals surface area contributed by atoms with Gasteiger partial charge in [-0.3, -0.25) is 4.90 Å². The largest absolute Gasteiger partial charge is 0.369 e. The third kappa shape index (κ3) is 4.48. The normalized spacial score (nSPS) is 15.5. The molecule has 0 atom stereocenters. The van der Waals surface area contributed by atoms with E-state index in [-0.39, 0.29) is 0 Å². The number of nitrogens with zero attached hydrogens (tertiary/aromatic N) is 5. The molecule has 0 N–H and O–H groups in total. The molecule has 1 aliphatic rings. The van der Waals surface area contributed by atoms with Crippen molar-refractivity contribution in [2.75, 3.05) is 37.6 Å². The minimum absolute atomic E-state index is 0.960. The molecule has 2 aromatic carbocycles. The second-order valence-electron chi connectivity index (χ2n) is 7.53. The number of unbranched alkanes of at least 4 members (excludes halogenated alkanes) is 2. The van der Waals surface area contributed by atoms with E-state index in [1.807, 2.05) is 16.8 Å². The number of fused-ring (bicyclic) bond motifs is 1. The van der Waals surface area contributed by atoms with Crippen molar-refractivity contribution in [3.05, 3.63) is 54.1 Å². The van der Waals surface area contributed by atoms with Gasteiger partial charge in [-0.25, -0.2) is 4.68 Å². The van der Waals surface area contributed by atoms with Crippen molar-refractivity contribution in [1.29, 1.82) is 0 Å². The van der Waals surface area contributed by atoms with Crippen molar-refractivity contribution in [1.82, 2.24) is 19.9 Å². The Morgan fingerprint density at radius 3 is 2.52 bits per heavy atom. The lowest BCUT2D eigenvalue weighted by molar-refractivity contribution is 0.251. The van der Waals surface area contributed by atoms with Crippen LogP contribution in [0.1, 0.15) is 24.8 Å². The predicted octanol–water partition coefficient (Wildman–Crippen LogP) is 3.73. The molecule has 0 amide bonds. The predicted molar refractivity (Wildman–Crippen MR) is 111 cm³/mol. The van der Waals surface area contributed by atoms with Crippen LogP contribution in [0.15, 0.2) is 48.5 Å². The molecule has 0 spiro atoms. The van der Waals surface area contributed by atoms with Crippen LogP contribution in [0.2, 0.25) is 0 Å². The molecule has 5 nitrogen and oxygen atoms in total. The van der Waals surface area contributed by atoms with Crippen molar-refractivity contribution in [2.45, 2.75) is 32.7 Å². The standard InChI is InChI=1S/C22H29N5/c1-19-8-7-9-20(18-19)26-16-14-25(15-17-26)12-5-2-6-13-27-22-11-4-3-10-21(22)23-24-27/h3-4,7-11,18H,2,5-6,12-17H2,1H3. The lowest BCUT2D eigenvalue weighted by atomic mass is 10.1. The van der Waals surface area contributed by atoms with E-state index in [0.29, 0.717) is 0 Å². The maximum Gasteiger partial charge on any atom is 0.113 e. The highest BCUT2D eigenvalue weighted by atomic mass is 15.4. The molecule has 0 saturated carbocycles. The molecule has 1 aromatic heterocycles. The summed E-state index contributed by atoms with van der Waals surface area (Å²) < 4.78 is 2.04. The van der Waals surface area contributed by atoms with E-state index in [0.717, 1.165) is 37.1 Å². The molecule has 2 heterocycles. The fourth-order valence-electron chi connectivity index (χ4n) is 3.91. The van der Waals surface area contributed by atoms with Gasteiger partial charge in [0.05, 0.1) is 5.52 Å². The van der Waals surface area contributed by atoms with Gasteiger partial charge in [-0.1, -0.05) is 35.9 Å². The first-order valence-corrected chi connectivity index (χ1v) is 10.1. The molecule has 0 bridgehead atoms. The Hall–Kier alpha value is -2.40. The van der Waals surface area contributed by atoms with Gasteiger partial charge in [0, 0.05) is 38.4 Å². The van der Waals surface area contributed by atoms with Crippen LogP contribution in [0.5, 0.6) is 0 Å². The summed E-state index contributed by atoms with van der Waals surface area (Å²) in [4.78, 5) is 5.12. The summed E-state index contributed by atoms with van der Waals surface area (Å²) in [7, 11) is 0. The summed E-state index contributed by atoms with van der Waals surface area (Å²) in [5, 5.41) is 8.51. The third-order valence-electron chi connectivity index (χ3n) is 5.50. The Labute approximate surface area is 161 Å². The zero-order valence-electron chi connectivity index (χ0n) is 16.2. The van der Waals surface area contributed by atoms with Crippen molar-refractivity contribution in [3.8, 4) is 0 Å². The Kier molecular flexibility index (Phi) is 5.68. The maximum absolute atomic E-state index is 4.28. The molecular weight excluding hydrogens is 334 g/mol. The second kappa shape index (κ2) is 8.53. The highest BCUT2D eigenvalue weighted by molar-refractivity contribution is 5.73. The van der Waals surface area contributed by atoms with E-state index in [1.165, 1.54) is 43.7 Å². The number of aryl methyl sites for hydroxylation is 2. The summed E-state index contributed by atoms with van der Waals surface area (Å²) in [5.74, 6) is 0. The first-order valence-electron chi connectivity index (χ1n) is 10.1. The van der Waals surface area contributed by atoms with Crippen molar-refractivity contribution in [2.24, 2.45) is 0 Å². The Morgan fingerprint density at radius 1 is 0.852 bits per heavy atom. The van der Waals surface area contributed by atoms with Crippen LogP contribution in [0.25, 0.3) is 11.0 Å². The highest BCUT2D eigenvalue weighted by Crippen LogP contribution is 2.18. The topological polar surface area (TPSA) is 37.2 Å². The smallest absolute Gasteiger partial charge is 0.113 e. The van der Waals surface area contributed by atoms with E-state index < -0.39 is 0 Å². The summed E-state index contributed by atoms with van der Waals surface area (Å²) in [5.41, 5.74) is 4.85. The molecule has 27 heavy (non-hydrogen) atoms. The molecule has 1 saturated heterocycles. The van der Waals surface area contributed by atoms with Crippen LogP contribution in [-0.4, -0.2) is 52.6 Å². The molecule has 142 valence electrons. The number of hydrogen-bond acceptors (Lipinski definition) is 4. The molecule has 1 fully saturated rings. The quantitative estimate of drug-likeness (QED) is 0.600. The number of rotatable bonds is 7. The summed E-state index contributed by atoms with van der Waals surface area (Å²) in [6, 6.07) is 17.0. The molecule has 4 rings (SSSR count). The summed E-state index contributed by atoms with van der Waals surface area (Å²) in [6.45, 7) is 8.94. The van der Waals surface area contributed by atoms with E-state index in [4.69, 9.17) is 0 Å². The van der Waals surface area contributed by atoms with Crippen LogP contribution >= 0.6 is 0 Å². The second-order valence-corrected chi connectivity index (χ2v) is 7.53. The van der Waals surface area contributed by atoms with E-state index >= 15 is 0 Å². The number of anilines is 1. The fourth-order valence-corrected chi connectivity index (χ4v) is 3.91. The number of para-hydroxylation sites is 1. The van der Waals surface area contributed by atoms with Crippen LogP contribution in [-0.2, 0) is 6.54 Å². The molecule has 1 aliphatic heterocycles. The van der Waals surface area contributed by atoms with Crippen molar-refractivity contribution in [3.63, 3.8) is 0 Å². The van der Waals surface area contributed by atoms with Gasteiger partial charge < -0.3 is 4.90 Å². The molecule has 0 unspecified atom stereocenters. The minimum atomic E-state index is 0.960. The fraction of sp³-hybridized carbons (Fsp3) is 0.455. The van der Waals surface area contributed by atoms with Crippen LogP contribution in [0, 0.1) is 6.92 Å². The van der Waals surface area contributed by atoms with Crippen LogP contribution in [0.4, 0.5) is 5.69 Å². The average Bonchev–Trinajstić information content (AvgIpc) is 3.11. The Bertz CT molecular complexity index is 864. The third-order valence-corrected chi connectivity index (χ3v) is 5.50. The average molecular weight is 364 g/mol. The van der Waals surface area contributed by atoms with Crippen LogP contribution < -0.4 is 4.90 Å². The molecule has 5 heteroatoms. The van der Waals surface area contributed by atoms with Gasteiger partial charge in [0.2, 0.25) is 0 Å². The van der Waals surface area contributed by atoms with Gasteiger partial charge in [-0.2, -0.15) is 0 Å². The molecule has 3 aromatic rings. The van der Waals surface area contributed by atoms with Gasteiger partial charge in [0.25, 0.3) is 0 Å². The minimum Gasteiger partial charge on any atom is -0.369 e. The van der Waals surface area contributed by atoms with Gasteiger partial charge in [-0.15, -0.1) is 5.10 Å². The first kappa shape index (κ1) is 18.0. The number of piperazine rings is 1. The lowest BCUT2D eigenvalue weighted by Crippen LogP contribution is -2.46. The van der Waals surface area contributed by atoms with Gasteiger partial charge in [0.1, 0.15) is 5.52 Å². The lowest BCUT2D eigenvalue weighted by Gasteiger charge is -2.36. The maximum atomic E-state index is 4.28. The van der Waals surface area contributed by atoms with E-state index in [2.05, 4.69) is 63.4 Å². The molecule has 0 radical (unpaired) electrons. The zero-order valence-corrected chi connectivity index (χ0v) is 16.2. The zero-order chi connectivity index (χ0) is 18.5. The number of aromatic nitrogens is 3. The SMILES string of the molecule is Cc1cccc(N2CCN(CCCCCn3nnc4ccccc43)CC2)c1. The van der Waals surface area contributed by atoms with Crippen molar-refractivity contribution < 1.29 is 0 Å². The van der Waals surface area contributed by atoms with E-state index in [1.54, 1.807) is 0 Å². The summed E-state index contributed by atoms with van der Waals surface area (Å²) in [6.07, 6.45) is 3.67. The van der Waals surface area contributed by atoms with Crippen molar-refractivity contribution >= 4 is 16.7 Å². The Balaban J connectivity index is 1.15. The molecular formula is C22H29N5. The van der Waals surface area contributed by atoms with Gasteiger partial charge in [0.15, 0.2) is 0 Å². The van der Waals surface area contributed by atoms with Gasteiger partial charge in [-0.05, 0) is 56.1 Å². The number of benzene rings is 2. The highest BCUT2D eigenvalue weighted by Gasteiger charge is 2.16. The monoisotopic (exact) mass is 363 g/mol. The van der Waals surface area contributed by atoms with Gasteiger partial charge >= 0.3 is 0 Å². The van der Waals surface area contributed by atoms with Crippen LogP contribution in [0.3, 0.4) is 0 Å². The first-order chi connectivity index (χ1) is 13.3. The summed E-state index contributed by atoms with van der Waals surface area (Å²) >= 11 is 0. The van der Waals surface area contributed by atoms with E-state index in [9.17, 15) is 0 Å².